The third-order valence-electron chi connectivity index (χ3n) is 2.76. The summed E-state index contributed by atoms with van der Waals surface area (Å²) in [5.74, 6) is -0.240. The van der Waals surface area contributed by atoms with E-state index in [0.717, 1.165) is 6.42 Å². The third kappa shape index (κ3) is 2.25. The normalized spacial score (nSPS) is 28.4. The summed E-state index contributed by atoms with van der Waals surface area (Å²) in [5, 5.41) is 2.72. The Hall–Kier alpha value is -1.06. The summed E-state index contributed by atoms with van der Waals surface area (Å²) in [4.78, 5) is 22.3. The second-order valence-corrected chi connectivity index (χ2v) is 3.80. The number of hydrogen-bond acceptors (Lipinski definition) is 3. The Bertz CT molecular complexity index is 240. The lowest BCUT2D eigenvalue weighted by atomic mass is 9.89. The molecule has 1 N–H and O–H groups in total. The first kappa shape index (κ1) is 11.0. The van der Waals surface area contributed by atoms with Crippen LogP contribution in [0, 0.1) is 11.8 Å². The lowest BCUT2D eigenvalue weighted by molar-refractivity contribution is -0.149. The van der Waals surface area contributed by atoms with Crippen LogP contribution in [0.2, 0.25) is 0 Å². The molecule has 0 aromatic heterocycles. The third-order valence-corrected chi connectivity index (χ3v) is 2.76. The smallest absolute Gasteiger partial charge is 0.302 e. The van der Waals surface area contributed by atoms with Gasteiger partial charge in [0.1, 0.15) is 6.10 Å². The first-order valence-corrected chi connectivity index (χ1v) is 5.01. The quantitative estimate of drug-likeness (QED) is 0.681. The lowest BCUT2D eigenvalue weighted by Crippen LogP contribution is -2.31. The fourth-order valence-electron chi connectivity index (χ4n) is 1.82. The van der Waals surface area contributed by atoms with E-state index in [1.165, 1.54) is 6.92 Å². The number of carbonyl (C=O) groups excluding carboxylic acids is 2. The lowest BCUT2D eigenvalue weighted by Gasteiger charge is -2.21. The molecule has 1 rings (SSSR count). The topological polar surface area (TPSA) is 55.4 Å². The summed E-state index contributed by atoms with van der Waals surface area (Å²) in [6.45, 7) is 5.86. The highest BCUT2D eigenvalue weighted by molar-refractivity contribution is 5.82. The summed E-state index contributed by atoms with van der Waals surface area (Å²) in [6.07, 6.45) is 0.630. The molecule has 1 aliphatic heterocycles. The van der Waals surface area contributed by atoms with Crippen LogP contribution < -0.4 is 5.32 Å². The van der Waals surface area contributed by atoms with Gasteiger partial charge in [0.15, 0.2) is 0 Å². The van der Waals surface area contributed by atoms with Crippen molar-refractivity contribution in [2.45, 2.75) is 33.3 Å². The Labute approximate surface area is 84.0 Å². The summed E-state index contributed by atoms with van der Waals surface area (Å²) < 4.78 is 5.09. The molecule has 0 saturated carbocycles. The predicted octanol–water partition coefficient (Wildman–Crippen LogP) is 0.710. The van der Waals surface area contributed by atoms with Crippen molar-refractivity contribution in [2.75, 3.05) is 6.54 Å². The van der Waals surface area contributed by atoms with E-state index < -0.39 is 0 Å². The number of amides is 1. The minimum absolute atomic E-state index is 0.00519. The van der Waals surface area contributed by atoms with Gasteiger partial charge in [-0.25, -0.2) is 0 Å². The summed E-state index contributed by atoms with van der Waals surface area (Å²) in [6, 6.07) is 0. The molecule has 0 aliphatic carbocycles. The molecule has 1 fully saturated rings. The zero-order chi connectivity index (χ0) is 10.7. The molecule has 4 nitrogen and oxygen atoms in total. The highest BCUT2D eigenvalue weighted by atomic mass is 16.5. The summed E-state index contributed by atoms with van der Waals surface area (Å²) >= 11 is 0. The Balaban J connectivity index is 2.66. The Morgan fingerprint density at radius 1 is 1.71 bits per heavy atom. The molecular formula is C10H17NO3. The van der Waals surface area contributed by atoms with Crippen molar-refractivity contribution in [3.05, 3.63) is 0 Å². The van der Waals surface area contributed by atoms with Gasteiger partial charge in [0.25, 0.3) is 0 Å². The maximum atomic E-state index is 11.5. The maximum Gasteiger partial charge on any atom is 0.302 e. The van der Waals surface area contributed by atoms with Crippen LogP contribution in [0.15, 0.2) is 0 Å². The standard InChI is InChI=1S/C10H17NO3/c1-4-6(2)9-8(14-7(3)12)5-11-10(9)13/h6,8-9H,4-5H2,1-3H3,(H,11,13). The van der Waals surface area contributed by atoms with Gasteiger partial charge in [-0.2, -0.15) is 0 Å². The molecule has 1 aliphatic rings. The SMILES string of the molecule is CCC(C)C1C(=O)NCC1OC(C)=O. The first-order valence-electron chi connectivity index (χ1n) is 5.01. The van der Waals surface area contributed by atoms with Crippen molar-refractivity contribution >= 4 is 11.9 Å². The van der Waals surface area contributed by atoms with Crippen LogP contribution in [0.1, 0.15) is 27.2 Å². The fraction of sp³-hybridized carbons (Fsp3) is 0.800. The second-order valence-electron chi connectivity index (χ2n) is 3.80. The average Bonchev–Trinajstić information content (AvgIpc) is 2.45. The van der Waals surface area contributed by atoms with Gasteiger partial charge in [-0.05, 0) is 5.92 Å². The van der Waals surface area contributed by atoms with E-state index in [-0.39, 0.29) is 29.8 Å². The molecule has 1 saturated heterocycles. The van der Waals surface area contributed by atoms with Crippen molar-refractivity contribution in [1.82, 2.24) is 5.32 Å². The molecule has 3 atom stereocenters. The van der Waals surface area contributed by atoms with Crippen LogP contribution in [-0.2, 0) is 14.3 Å². The van der Waals surface area contributed by atoms with Crippen LogP contribution >= 0.6 is 0 Å². The van der Waals surface area contributed by atoms with Gasteiger partial charge in [-0.15, -0.1) is 0 Å². The van der Waals surface area contributed by atoms with E-state index in [9.17, 15) is 9.59 Å². The highest BCUT2D eigenvalue weighted by Crippen LogP contribution is 2.25. The van der Waals surface area contributed by atoms with Crippen molar-refractivity contribution in [2.24, 2.45) is 11.8 Å². The molecule has 0 spiro atoms. The van der Waals surface area contributed by atoms with Gasteiger partial charge in [0.2, 0.25) is 5.91 Å². The molecule has 0 aromatic carbocycles. The zero-order valence-electron chi connectivity index (χ0n) is 8.87. The van der Waals surface area contributed by atoms with Crippen LogP contribution in [0.4, 0.5) is 0 Å². The van der Waals surface area contributed by atoms with Gasteiger partial charge in [0.05, 0.1) is 12.5 Å². The minimum atomic E-state index is -0.320. The number of ether oxygens (including phenoxy) is 1. The van der Waals surface area contributed by atoms with Crippen LogP contribution in [0.5, 0.6) is 0 Å². The predicted molar refractivity (Wildman–Crippen MR) is 51.5 cm³/mol. The molecule has 1 amide bonds. The maximum absolute atomic E-state index is 11.5. The van der Waals surface area contributed by atoms with E-state index in [0.29, 0.717) is 6.54 Å². The van der Waals surface area contributed by atoms with Gasteiger partial charge < -0.3 is 10.1 Å². The number of rotatable bonds is 3. The minimum Gasteiger partial charge on any atom is -0.460 e. The van der Waals surface area contributed by atoms with Crippen LogP contribution in [0.3, 0.4) is 0 Å². The van der Waals surface area contributed by atoms with Crippen molar-refractivity contribution in [3.63, 3.8) is 0 Å². The number of hydrogen-bond donors (Lipinski definition) is 1. The average molecular weight is 199 g/mol. The Morgan fingerprint density at radius 2 is 2.36 bits per heavy atom. The number of nitrogens with one attached hydrogen (secondary N) is 1. The first-order chi connectivity index (χ1) is 6.56. The van der Waals surface area contributed by atoms with Crippen LogP contribution in [0.25, 0.3) is 0 Å². The van der Waals surface area contributed by atoms with Gasteiger partial charge in [-0.1, -0.05) is 20.3 Å². The van der Waals surface area contributed by atoms with E-state index in [2.05, 4.69) is 5.32 Å². The van der Waals surface area contributed by atoms with Gasteiger partial charge >= 0.3 is 5.97 Å². The molecule has 80 valence electrons. The monoisotopic (exact) mass is 199 g/mol. The van der Waals surface area contributed by atoms with Gasteiger partial charge in [-0.3, -0.25) is 9.59 Å². The molecule has 3 unspecified atom stereocenters. The largest absolute Gasteiger partial charge is 0.460 e. The molecule has 4 heteroatoms. The zero-order valence-corrected chi connectivity index (χ0v) is 8.87. The number of esters is 1. The molecule has 1 heterocycles. The second kappa shape index (κ2) is 4.44. The molecule has 0 radical (unpaired) electrons. The highest BCUT2D eigenvalue weighted by Gasteiger charge is 2.39. The van der Waals surface area contributed by atoms with E-state index in [1.807, 2.05) is 13.8 Å². The summed E-state index contributed by atoms with van der Waals surface area (Å²) in [5.41, 5.74) is 0. The van der Waals surface area contributed by atoms with Crippen molar-refractivity contribution in [3.8, 4) is 0 Å². The van der Waals surface area contributed by atoms with Crippen molar-refractivity contribution < 1.29 is 14.3 Å². The van der Waals surface area contributed by atoms with E-state index in [4.69, 9.17) is 4.74 Å². The molecule has 14 heavy (non-hydrogen) atoms. The van der Waals surface area contributed by atoms with Gasteiger partial charge in [0, 0.05) is 6.92 Å². The molecule has 0 aromatic rings. The summed E-state index contributed by atoms with van der Waals surface area (Å²) in [7, 11) is 0. The number of carbonyl (C=O) groups is 2. The van der Waals surface area contributed by atoms with E-state index >= 15 is 0 Å². The Kier molecular flexibility index (Phi) is 3.49. The Morgan fingerprint density at radius 3 is 2.86 bits per heavy atom. The molecule has 0 bridgehead atoms. The van der Waals surface area contributed by atoms with E-state index in [1.54, 1.807) is 0 Å². The van der Waals surface area contributed by atoms with Crippen LogP contribution in [-0.4, -0.2) is 24.5 Å². The van der Waals surface area contributed by atoms with Crippen molar-refractivity contribution in [1.29, 1.82) is 0 Å². The molecular weight excluding hydrogens is 182 g/mol. The fourth-order valence-corrected chi connectivity index (χ4v) is 1.82.